The average Bonchev–Trinajstić information content (AvgIpc) is 3.02. The van der Waals surface area contributed by atoms with Gasteiger partial charge in [0.2, 0.25) is 0 Å². The van der Waals surface area contributed by atoms with Crippen molar-refractivity contribution in [2.24, 2.45) is 0 Å². The number of rotatable bonds is 3. The zero-order valence-electron chi connectivity index (χ0n) is 11.4. The van der Waals surface area contributed by atoms with Crippen LogP contribution in [-0.2, 0) is 0 Å². The highest BCUT2D eigenvalue weighted by Crippen LogP contribution is 2.25. The third-order valence-electron chi connectivity index (χ3n) is 3.02. The number of carbonyl (C=O) groups is 1. The van der Waals surface area contributed by atoms with Crippen LogP contribution in [0, 0.1) is 5.82 Å². The van der Waals surface area contributed by atoms with Crippen LogP contribution in [0.25, 0.3) is 10.6 Å². The first kappa shape index (κ1) is 14.2. The Hall–Kier alpha value is -2.73. The summed E-state index contributed by atoms with van der Waals surface area (Å²) in [7, 11) is 0. The number of anilines is 2. The van der Waals surface area contributed by atoms with Crippen LogP contribution >= 0.6 is 11.3 Å². The van der Waals surface area contributed by atoms with Gasteiger partial charge in [-0.1, -0.05) is 30.3 Å². The van der Waals surface area contributed by atoms with Crippen molar-refractivity contribution in [1.82, 2.24) is 4.98 Å². The molecule has 1 heterocycles. The molecule has 0 saturated heterocycles. The summed E-state index contributed by atoms with van der Waals surface area (Å²) in [5, 5.41) is 4.98. The Morgan fingerprint density at radius 3 is 2.73 bits per heavy atom. The monoisotopic (exact) mass is 313 g/mol. The molecule has 22 heavy (non-hydrogen) atoms. The van der Waals surface area contributed by atoms with Crippen molar-refractivity contribution in [3.8, 4) is 10.6 Å². The summed E-state index contributed by atoms with van der Waals surface area (Å²) in [6.45, 7) is 0. The van der Waals surface area contributed by atoms with Crippen molar-refractivity contribution in [2.75, 3.05) is 11.1 Å². The van der Waals surface area contributed by atoms with E-state index in [1.807, 2.05) is 30.3 Å². The molecule has 4 nitrogen and oxygen atoms in total. The number of nitrogen functional groups attached to an aromatic ring is 1. The first-order valence-electron chi connectivity index (χ1n) is 6.51. The number of nitrogens with two attached hydrogens (primary N) is 1. The van der Waals surface area contributed by atoms with E-state index in [2.05, 4.69) is 10.3 Å². The molecule has 3 rings (SSSR count). The molecule has 0 bridgehead atoms. The fourth-order valence-electron chi connectivity index (χ4n) is 1.91. The predicted octanol–water partition coefficient (Wildman–Crippen LogP) is 3.78. The number of carbonyl (C=O) groups excluding carboxylic acids is 1. The molecule has 110 valence electrons. The third-order valence-corrected chi connectivity index (χ3v) is 3.91. The molecule has 3 aromatic rings. The number of hydrogen-bond donors (Lipinski definition) is 2. The highest BCUT2D eigenvalue weighted by atomic mass is 32.1. The number of nitrogens with one attached hydrogen (secondary N) is 1. The number of thiazole rings is 1. The minimum Gasteiger partial charge on any atom is -0.397 e. The molecule has 0 aliphatic heterocycles. The quantitative estimate of drug-likeness (QED) is 0.723. The van der Waals surface area contributed by atoms with Crippen LogP contribution in [0.4, 0.5) is 15.8 Å². The van der Waals surface area contributed by atoms with Crippen molar-refractivity contribution < 1.29 is 9.18 Å². The normalized spacial score (nSPS) is 10.4. The molecule has 2 aromatic carbocycles. The Bertz CT molecular complexity index is 817. The van der Waals surface area contributed by atoms with Gasteiger partial charge in [-0.3, -0.25) is 4.79 Å². The van der Waals surface area contributed by atoms with Crippen LogP contribution in [0.5, 0.6) is 0 Å². The van der Waals surface area contributed by atoms with Gasteiger partial charge in [0.05, 0.1) is 11.4 Å². The summed E-state index contributed by atoms with van der Waals surface area (Å²) in [6, 6.07) is 13.4. The number of halogens is 1. The zero-order chi connectivity index (χ0) is 15.5. The van der Waals surface area contributed by atoms with Crippen LogP contribution in [0.1, 0.15) is 10.5 Å². The summed E-state index contributed by atoms with van der Waals surface area (Å²) in [5.41, 5.74) is 7.46. The SMILES string of the molecule is Nc1ccc(F)cc1NC(=O)c1csc(-c2ccccc2)n1. The van der Waals surface area contributed by atoms with Crippen LogP contribution in [0.3, 0.4) is 0 Å². The summed E-state index contributed by atoms with van der Waals surface area (Å²) in [6.07, 6.45) is 0. The van der Waals surface area contributed by atoms with E-state index in [1.54, 1.807) is 5.38 Å². The number of hydrogen-bond acceptors (Lipinski definition) is 4. The molecular weight excluding hydrogens is 301 g/mol. The van der Waals surface area contributed by atoms with Crippen molar-refractivity contribution >= 4 is 28.6 Å². The van der Waals surface area contributed by atoms with Crippen LogP contribution < -0.4 is 11.1 Å². The molecule has 6 heteroatoms. The molecule has 0 spiro atoms. The smallest absolute Gasteiger partial charge is 0.275 e. The summed E-state index contributed by atoms with van der Waals surface area (Å²) < 4.78 is 13.2. The Labute approximate surface area is 130 Å². The number of benzene rings is 2. The average molecular weight is 313 g/mol. The lowest BCUT2D eigenvalue weighted by atomic mass is 10.2. The van der Waals surface area contributed by atoms with Crippen molar-refractivity contribution in [3.63, 3.8) is 0 Å². The van der Waals surface area contributed by atoms with E-state index in [1.165, 1.54) is 29.5 Å². The first-order valence-corrected chi connectivity index (χ1v) is 7.39. The number of amides is 1. The van der Waals surface area contributed by atoms with E-state index in [0.29, 0.717) is 5.69 Å². The first-order chi connectivity index (χ1) is 10.6. The van der Waals surface area contributed by atoms with E-state index in [0.717, 1.165) is 10.6 Å². The Kier molecular flexibility index (Phi) is 3.84. The Morgan fingerprint density at radius 1 is 1.18 bits per heavy atom. The Balaban J connectivity index is 1.81. The summed E-state index contributed by atoms with van der Waals surface area (Å²) in [4.78, 5) is 16.5. The molecular formula is C16H12FN3OS. The highest BCUT2D eigenvalue weighted by molar-refractivity contribution is 7.13. The van der Waals surface area contributed by atoms with Gasteiger partial charge in [0.25, 0.3) is 5.91 Å². The largest absolute Gasteiger partial charge is 0.397 e. The van der Waals surface area contributed by atoms with E-state index >= 15 is 0 Å². The van der Waals surface area contributed by atoms with Gasteiger partial charge >= 0.3 is 0 Å². The summed E-state index contributed by atoms with van der Waals surface area (Å²) in [5.74, 6) is -0.886. The lowest BCUT2D eigenvalue weighted by Crippen LogP contribution is -2.13. The minimum absolute atomic E-state index is 0.235. The maximum atomic E-state index is 13.2. The lowest BCUT2D eigenvalue weighted by Gasteiger charge is -2.06. The fraction of sp³-hybridized carbons (Fsp3) is 0. The minimum atomic E-state index is -0.465. The molecule has 1 amide bonds. The second-order valence-electron chi connectivity index (χ2n) is 4.59. The molecule has 0 atom stereocenters. The second kappa shape index (κ2) is 5.95. The predicted molar refractivity (Wildman–Crippen MR) is 86.3 cm³/mol. The molecule has 0 fully saturated rings. The van der Waals surface area contributed by atoms with Gasteiger partial charge in [0, 0.05) is 10.9 Å². The maximum absolute atomic E-state index is 13.2. The molecule has 0 unspecified atom stereocenters. The molecule has 1 aromatic heterocycles. The van der Waals surface area contributed by atoms with Gasteiger partial charge in [0.15, 0.2) is 0 Å². The molecule has 0 aliphatic carbocycles. The second-order valence-corrected chi connectivity index (χ2v) is 5.45. The van der Waals surface area contributed by atoms with Crippen LogP contribution in [0.2, 0.25) is 0 Å². The van der Waals surface area contributed by atoms with Crippen molar-refractivity contribution in [2.45, 2.75) is 0 Å². The third kappa shape index (κ3) is 2.96. The zero-order valence-corrected chi connectivity index (χ0v) is 12.2. The lowest BCUT2D eigenvalue weighted by molar-refractivity contribution is 0.102. The summed E-state index contributed by atoms with van der Waals surface area (Å²) >= 11 is 1.37. The Morgan fingerprint density at radius 2 is 1.95 bits per heavy atom. The van der Waals surface area contributed by atoms with E-state index in [-0.39, 0.29) is 11.4 Å². The molecule has 3 N–H and O–H groups in total. The van der Waals surface area contributed by atoms with Gasteiger partial charge < -0.3 is 11.1 Å². The van der Waals surface area contributed by atoms with Crippen molar-refractivity contribution in [1.29, 1.82) is 0 Å². The molecule has 0 radical (unpaired) electrons. The molecule has 0 aliphatic rings. The van der Waals surface area contributed by atoms with Crippen LogP contribution in [0.15, 0.2) is 53.9 Å². The number of nitrogens with zero attached hydrogens (tertiary/aromatic N) is 1. The fourth-order valence-corrected chi connectivity index (χ4v) is 2.72. The number of aromatic nitrogens is 1. The van der Waals surface area contributed by atoms with E-state index in [4.69, 9.17) is 5.73 Å². The molecule has 0 saturated carbocycles. The van der Waals surface area contributed by atoms with Gasteiger partial charge in [-0.25, -0.2) is 9.37 Å². The van der Waals surface area contributed by atoms with Crippen LogP contribution in [-0.4, -0.2) is 10.9 Å². The van der Waals surface area contributed by atoms with Gasteiger partial charge in [-0.15, -0.1) is 11.3 Å². The van der Waals surface area contributed by atoms with E-state index in [9.17, 15) is 9.18 Å². The van der Waals surface area contributed by atoms with Gasteiger partial charge in [-0.2, -0.15) is 0 Å². The topological polar surface area (TPSA) is 68.0 Å². The van der Waals surface area contributed by atoms with Crippen molar-refractivity contribution in [3.05, 3.63) is 65.4 Å². The van der Waals surface area contributed by atoms with E-state index < -0.39 is 11.7 Å². The van der Waals surface area contributed by atoms with Gasteiger partial charge in [-0.05, 0) is 18.2 Å². The highest BCUT2D eigenvalue weighted by Gasteiger charge is 2.13. The maximum Gasteiger partial charge on any atom is 0.275 e. The standard InChI is InChI=1S/C16H12FN3OS/c17-11-6-7-12(18)13(8-11)19-15(21)14-9-22-16(20-14)10-4-2-1-3-5-10/h1-9H,18H2,(H,19,21). The van der Waals surface area contributed by atoms with Gasteiger partial charge in [0.1, 0.15) is 16.5 Å².